The van der Waals surface area contributed by atoms with Crippen molar-refractivity contribution in [2.45, 2.75) is 6.18 Å². The third-order valence-corrected chi connectivity index (χ3v) is 4.64. The molecule has 1 aromatic heterocycles. The highest BCUT2D eigenvalue weighted by atomic mass is 32.1. The standard InChI is InChI=1S/C15H13F3N4O3S/c16-15(17,18)11-6-22(5-10(11)13(23)24)14(25)19-9-3-1-8(2-4-9)12-7-26-21-20-12/h1-4,7,10-11H,5-6H2,(H,19,25)(H,23,24)/t10-,11-/m1/s1. The summed E-state index contributed by atoms with van der Waals surface area (Å²) in [7, 11) is 0. The van der Waals surface area contributed by atoms with E-state index in [-0.39, 0.29) is 0 Å². The molecule has 1 aromatic carbocycles. The molecule has 0 bridgehead atoms. The first kappa shape index (κ1) is 18.1. The highest BCUT2D eigenvalue weighted by Gasteiger charge is 2.53. The van der Waals surface area contributed by atoms with E-state index in [2.05, 4.69) is 14.9 Å². The number of alkyl halides is 3. The number of carbonyl (C=O) groups excluding carboxylic acids is 1. The van der Waals surface area contributed by atoms with Crippen LogP contribution < -0.4 is 5.32 Å². The summed E-state index contributed by atoms with van der Waals surface area (Å²) in [4.78, 5) is 24.1. The average Bonchev–Trinajstić information content (AvgIpc) is 3.25. The number of nitrogens with one attached hydrogen (secondary N) is 1. The summed E-state index contributed by atoms with van der Waals surface area (Å²) < 4.78 is 42.7. The Hall–Kier alpha value is -2.69. The smallest absolute Gasteiger partial charge is 0.394 e. The van der Waals surface area contributed by atoms with E-state index in [9.17, 15) is 22.8 Å². The van der Waals surface area contributed by atoms with Crippen molar-refractivity contribution in [3.05, 3.63) is 29.6 Å². The van der Waals surface area contributed by atoms with Crippen LogP contribution in [0.5, 0.6) is 0 Å². The van der Waals surface area contributed by atoms with Crippen LogP contribution in [-0.4, -0.2) is 50.9 Å². The first-order valence-electron chi connectivity index (χ1n) is 7.48. The number of hydrogen-bond acceptors (Lipinski definition) is 5. The number of rotatable bonds is 3. The summed E-state index contributed by atoms with van der Waals surface area (Å²) in [5.74, 6) is -5.31. The molecule has 138 valence electrons. The topological polar surface area (TPSA) is 95.4 Å². The fraction of sp³-hybridized carbons (Fsp3) is 0.333. The van der Waals surface area contributed by atoms with Gasteiger partial charge in [-0.15, -0.1) is 5.10 Å². The van der Waals surface area contributed by atoms with Crippen LogP contribution in [0.4, 0.5) is 23.7 Å². The molecule has 1 saturated heterocycles. The van der Waals surface area contributed by atoms with Gasteiger partial charge < -0.3 is 15.3 Å². The normalized spacial score (nSPS) is 20.2. The van der Waals surface area contributed by atoms with E-state index in [1.807, 2.05) is 0 Å². The number of carboxylic acids is 1. The van der Waals surface area contributed by atoms with Gasteiger partial charge in [-0.1, -0.05) is 16.6 Å². The maximum absolute atomic E-state index is 13.0. The van der Waals surface area contributed by atoms with Crippen LogP contribution in [0.2, 0.25) is 0 Å². The highest BCUT2D eigenvalue weighted by molar-refractivity contribution is 7.03. The molecule has 0 spiro atoms. The number of urea groups is 1. The van der Waals surface area contributed by atoms with Crippen molar-refractivity contribution in [1.29, 1.82) is 0 Å². The number of aromatic nitrogens is 2. The Morgan fingerprint density at radius 2 is 1.92 bits per heavy atom. The number of halogens is 3. The quantitative estimate of drug-likeness (QED) is 0.846. The SMILES string of the molecule is O=C(O)[C@@H]1CN(C(=O)Nc2ccc(-c3csnn3)cc2)C[C@H]1C(F)(F)F. The number of carboxylic acid groups (broad SMARTS) is 1. The van der Waals surface area contributed by atoms with Crippen LogP contribution >= 0.6 is 11.5 Å². The molecule has 2 atom stereocenters. The van der Waals surface area contributed by atoms with E-state index >= 15 is 0 Å². The van der Waals surface area contributed by atoms with Crippen LogP contribution in [-0.2, 0) is 4.79 Å². The van der Waals surface area contributed by atoms with Gasteiger partial charge in [0.2, 0.25) is 0 Å². The van der Waals surface area contributed by atoms with Gasteiger partial charge in [-0.2, -0.15) is 13.2 Å². The van der Waals surface area contributed by atoms with Crippen LogP contribution in [0.1, 0.15) is 0 Å². The van der Waals surface area contributed by atoms with E-state index < -0.39 is 43.1 Å². The summed E-state index contributed by atoms with van der Waals surface area (Å²) in [6.45, 7) is -1.18. The minimum absolute atomic E-state index is 0.379. The largest absolute Gasteiger partial charge is 0.481 e. The number of hydrogen-bond donors (Lipinski definition) is 2. The summed E-state index contributed by atoms with van der Waals surface area (Å²) >= 11 is 1.19. The Bertz CT molecular complexity index is 795. The van der Waals surface area contributed by atoms with E-state index in [0.29, 0.717) is 11.4 Å². The van der Waals surface area contributed by atoms with Gasteiger partial charge in [0.1, 0.15) is 5.69 Å². The summed E-state index contributed by atoms with van der Waals surface area (Å²) in [5, 5.41) is 17.1. The Morgan fingerprint density at radius 3 is 2.42 bits per heavy atom. The zero-order chi connectivity index (χ0) is 18.9. The van der Waals surface area contributed by atoms with Crippen LogP contribution in [0.3, 0.4) is 0 Å². The molecular formula is C15H13F3N4O3S. The zero-order valence-corrected chi connectivity index (χ0v) is 13.9. The molecule has 3 rings (SSSR count). The molecular weight excluding hydrogens is 373 g/mol. The Labute approximate surface area is 149 Å². The summed E-state index contributed by atoms with van der Waals surface area (Å²) in [6.07, 6.45) is -4.68. The van der Waals surface area contributed by atoms with Gasteiger partial charge in [0.15, 0.2) is 0 Å². The zero-order valence-electron chi connectivity index (χ0n) is 13.1. The lowest BCUT2D eigenvalue weighted by Gasteiger charge is -2.18. The fourth-order valence-electron chi connectivity index (χ4n) is 2.77. The molecule has 2 aromatic rings. The lowest BCUT2D eigenvalue weighted by atomic mass is 9.96. The molecule has 0 aliphatic carbocycles. The maximum Gasteiger partial charge on any atom is 0.394 e. The van der Waals surface area contributed by atoms with Gasteiger partial charge >= 0.3 is 18.2 Å². The fourth-order valence-corrected chi connectivity index (χ4v) is 3.23. The van der Waals surface area contributed by atoms with E-state index in [1.54, 1.807) is 29.6 Å². The average molecular weight is 386 g/mol. The third kappa shape index (κ3) is 3.77. The predicted molar refractivity (Wildman–Crippen MR) is 86.6 cm³/mol. The summed E-state index contributed by atoms with van der Waals surface area (Å²) in [6, 6.07) is 5.77. The number of nitrogens with zero attached hydrogens (tertiary/aromatic N) is 3. The minimum Gasteiger partial charge on any atom is -0.481 e. The number of amides is 2. The molecule has 2 heterocycles. The molecule has 1 fully saturated rings. The first-order valence-corrected chi connectivity index (χ1v) is 8.32. The van der Waals surface area contributed by atoms with Gasteiger partial charge in [-0.05, 0) is 23.7 Å². The van der Waals surface area contributed by atoms with Gasteiger partial charge in [-0.25, -0.2) is 4.79 Å². The van der Waals surface area contributed by atoms with Crippen molar-refractivity contribution in [1.82, 2.24) is 14.5 Å². The van der Waals surface area contributed by atoms with Gasteiger partial charge in [0.05, 0.1) is 11.8 Å². The van der Waals surface area contributed by atoms with Crippen molar-refractivity contribution in [3.63, 3.8) is 0 Å². The van der Waals surface area contributed by atoms with Crippen LogP contribution in [0.25, 0.3) is 11.3 Å². The van der Waals surface area contributed by atoms with E-state index in [1.165, 1.54) is 11.5 Å². The molecule has 7 nitrogen and oxygen atoms in total. The number of carbonyl (C=O) groups is 2. The molecule has 1 aliphatic heterocycles. The van der Waals surface area contributed by atoms with Gasteiger partial charge in [-0.3, -0.25) is 4.79 Å². The number of likely N-dealkylation sites (tertiary alicyclic amines) is 1. The van der Waals surface area contributed by atoms with E-state index in [0.717, 1.165) is 10.5 Å². The molecule has 26 heavy (non-hydrogen) atoms. The monoisotopic (exact) mass is 386 g/mol. The summed E-state index contributed by atoms with van der Waals surface area (Å²) in [5.41, 5.74) is 1.83. The molecule has 0 radical (unpaired) electrons. The van der Waals surface area contributed by atoms with Crippen molar-refractivity contribution in [3.8, 4) is 11.3 Å². The number of aliphatic carboxylic acids is 1. The lowest BCUT2D eigenvalue weighted by molar-refractivity contribution is -0.187. The number of benzene rings is 1. The first-order chi connectivity index (χ1) is 12.3. The predicted octanol–water partition coefficient (Wildman–Crippen LogP) is 2.93. The van der Waals surface area contributed by atoms with Crippen molar-refractivity contribution < 1.29 is 27.9 Å². The Kier molecular flexibility index (Phi) is 4.81. The van der Waals surface area contributed by atoms with Crippen LogP contribution in [0, 0.1) is 11.8 Å². The molecule has 0 unspecified atom stereocenters. The van der Waals surface area contributed by atoms with Crippen molar-refractivity contribution in [2.75, 3.05) is 18.4 Å². The van der Waals surface area contributed by atoms with Crippen LogP contribution in [0.15, 0.2) is 29.6 Å². The van der Waals surface area contributed by atoms with Gasteiger partial charge in [0, 0.05) is 29.7 Å². The minimum atomic E-state index is -4.68. The second kappa shape index (κ2) is 6.90. The van der Waals surface area contributed by atoms with E-state index in [4.69, 9.17) is 5.11 Å². The molecule has 2 N–H and O–H groups in total. The number of anilines is 1. The van der Waals surface area contributed by atoms with Crippen molar-refractivity contribution in [2.24, 2.45) is 11.8 Å². The Balaban J connectivity index is 1.67. The second-order valence-electron chi connectivity index (χ2n) is 5.80. The molecule has 2 amide bonds. The molecule has 0 saturated carbocycles. The third-order valence-electron chi connectivity index (χ3n) is 4.14. The highest BCUT2D eigenvalue weighted by Crippen LogP contribution is 2.37. The maximum atomic E-state index is 13.0. The lowest BCUT2D eigenvalue weighted by Crippen LogP contribution is -2.35. The Morgan fingerprint density at radius 1 is 1.23 bits per heavy atom. The molecule has 11 heteroatoms. The second-order valence-corrected chi connectivity index (χ2v) is 6.41. The van der Waals surface area contributed by atoms with Crippen molar-refractivity contribution >= 4 is 29.2 Å². The van der Waals surface area contributed by atoms with Gasteiger partial charge in [0.25, 0.3) is 0 Å². The molecule has 1 aliphatic rings.